The first kappa shape index (κ1) is 37.0. The molecule has 4 aliphatic rings. The van der Waals surface area contributed by atoms with Gasteiger partial charge >= 0.3 is 26.2 Å². The molecule has 51 heavy (non-hydrogen) atoms. The number of hydrogen-bond donors (Lipinski definition) is 0. The third-order valence-electron chi connectivity index (χ3n) is 9.62. The predicted molar refractivity (Wildman–Crippen MR) is 213 cm³/mol. The molecule has 10 radical (unpaired) electrons. The molecule has 1 heteroatoms. The van der Waals surface area contributed by atoms with Crippen molar-refractivity contribution in [3.63, 3.8) is 0 Å². The summed E-state index contributed by atoms with van der Waals surface area (Å²) in [4.78, 5) is 0. The van der Waals surface area contributed by atoms with E-state index in [4.69, 9.17) is 0 Å². The molecule has 0 amide bonds. The molecule has 8 rings (SSSR count). The Kier molecular flexibility index (Phi) is 13.1. The number of allylic oxidation sites excluding steroid dienone is 10. The number of hydrogen-bond acceptors (Lipinski definition) is 0. The number of benzene rings is 4. The van der Waals surface area contributed by atoms with Gasteiger partial charge in [0.05, 0.1) is 0 Å². The maximum atomic E-state index is 2.39. The van der Waals surface area contributed by atoms with Gasteiger partial charge in [0.25, 0.3) is 0 Å². The summed E-state index contributed by atoms with van der Waals surface area (Å²) in [6, 6.07) is 42.1. The van der Waals surface area contributed by atoms with E-state index in [0.29, 0.717) is 0 Å². The molecule has 0 saturated heterocycles. The predicted octanol–water partition coefficient (Wildman–Crippen LogP) is 12.6. The fourth-order valence-electron chi connectivity index (χ4n) is 7.11. The summed E-state index contributed by atoms with van der Waals surface area (Å²) >= 11 is 0. The zero-order valence-corrected chi connectivity index (χ0v) is 31.8. The first-order valence-electron chi connectivity index (χ1n) is 17.6. The molecule has 0 N–H and O–H groups in total. The summed E-state index contributed by atoms with van der Waals surface area (Å²) in [5.74, 6) is 11.3. The molecule has 2 fully saturated rings. The Hall–Kier alpha value is -3.80. The van der Waals surface area contributed by atoms with Gasteiger partial charge in [0.15, 0.2) is 0 Å². The third kappa shape index (κ3) is 8.99. The van der Waals surface area contributed by atoms with Crippen molar-refractivity contribution in [1.29, 1.82) is 0 Å². The van der Waals surface area contributed by atoms with Crippen LogP contribution in [-0.4, -0.2) is 0 Å². The van der Waals surface area contributed by atoms with E-state index in [1.54, 1.807) is 0 Å². The molecule has 0 nitrogen and oxygen atoms in total. The van der Waals surface area contributed by atoms with Gasteiger partial charge in [0.2, 0.25) is 0 Å². The molecular weight excluding hydrogens is 692 g/mol. The second-order valence-corrected chi connectivity index (χ2v) is 12.9. The normalized spacial score (nSPS) is 19.1. The Morgan fingerprint density at radius 1 is 0.431 bits per heavy atom. The first-order valence-corrected chi connectivity index (χ1v) is 17.6. The van der Waals surface area contributed by atoms with Crippen LogP contribution in [0.1, 0.15) is 48.9 Å². The Labute approximate surface area is 326 Å². The molecule has 0 unspecified atom stereocenters. The molecule has 0 aromatic heterocycles. The molecular formula is C50H42Zr+2. The molecule has 4 aliphatic carbocycles. The third-order valence-corrected chi connectivity index (χ3v) is 9.62. The average molecular weight is 734 g/mol. The van der Waals surface area contributed by atoms with E-state index in [1.807, 2.05) is 36.4 Å². The number of rotatable bonds is 8. The van der Waals surface area contributed by atoms with Crippen LogP contribution in [-0.2, 0) is 26.2 Å². The Morgan fingerprint density at radius 2 is 0.784 bits per heavy atom. The summed E-state index contributed by atoms with van der Waals surface area (Å²) in [7, 11) is 0. The zero-order valence-electron chi connectivity index (χ0n) is 29.4. The Bertz CT molecular complexity index is 1700. The van der Waals surface area contributed by atoms with Crippen LogP contribution in [0.25, 0.3) is 23.3 Å². The minimum Gasteiger partial charge on any atom is -0.0758 e. The second kappa shape index (κ2) is 18.1. The maximum Gasteiger partial charge on any atom is 2.00 e. The molecule has 244 valence electrons. The van der Waals surface area contributed by atoms with Gasteiger partial charge in [-0.15, -0.1) is 0 Å². The zero-order chi connectivity index (χ0) is 34.1. The summed E-state index contributed by atoms with van der Waals surface area (Å²) < 4.78 is 0. The van der Waals surface area contributed by atoms with E-state index >= 15 is 0 Å². The molecule has 0 heterocycles. The van der Waals surface area contributed by atoms with Gasteiger partial charge in [0, 0.05) is 23.7 Å². The van der Waals surface area contributed by atoms with Crippen LogP contribution in [0.4, 0.5) is 0 Å². The molecule has 4 aromatic carbocycles. The van der Waals surface area contributed by atoms with Gasteiger partial charge < -0.3 is 0 Å². The van der Waals surface area contributed by atoms with Crippen molar-refractivity contribution in [2.24, 2.45) is 0 Å². The van der Waals surface area contributed by atoms with E-state index in [2.05, 4.69) is 172 Å². The Balaban J connectivity index is 0.000000222. The van der Waals surface area contributed by atoms with E-state index in [9.17, 15) is 0 Å². The standard InChI is InChI=1S/C34H28.C16H14.Zr/c1-23-21-33-29(25-11-5-3-6-12-25)15-9-17-31(33)27(23)19-20-28-24(2)22-34-30(16-10-18-32(28)34)26-13-7-4-8-14-26;1-3-9-15(10-4-1)13-7-8-14-16-11-5-2-6-12-16;/h3-18,21-22H,19-20H2,1-2H3;1-14H;/q;;+2/b;13-7+,14-8+;. The van der Waals surface area contributed by atoms with Crippen molar-refractivity contribution in [3.05, 3.63) is 252 Å². The van der Waals surface area contributed by atoms with Crippen LogP contribution in [0, 0.1) is 60.2 Å². The topological polar surface area (TPSA) is 0 Å². The maximum absolute atomic E-state index is 2.39. The van der Waals surface area contributed by atoms with E-state index < -0.39 is 0 Å². The van der Waals surface area contributed by atoms with Crippen LogP contribution in [0.3, 0.4) is 0 Å². The summed E-state index contributed by atoms with van der Waals surface area (Å²) in [5, 5.41) is 0. The number of fused-ring (bicyclic) bond motifs is 2. The smallest absolute Gasteiger partial charge is 0.0758 e. The van der Waals surface area contributed by atoms with E-state index in [0.717, 1.165) is 12.8 Å². The molecule has 0 atom stereocenters. The largest absolute Gasteiger partial charge is 2.00 e. The fraction of sp³-hybridized carbons (Fsp3) is 0.0800. The monoisotopic (exact) mass is 732 g/mol. The first-order chi connectivity index (χ1) is 24.7. The summed E-state index contributed by atoms with van der Waals surface area (Å²) in [6.45, 7) is 4.54. The van der Waals surface area contributed by atoms with Crippen molar-refractivity contribution in [3.8, 4) is 0 Å². The fourth-order valence-corrected chi connectivity index (χ4v) is 7.11. The summed E-state index contributed by atoms with van der Waals surface area (Å²) in [6.07, 6.45) is 28.7. The van der Waals surface area contributed by atoms with Gasteiger partial charge in [-0.25, -0.2) is 0 Å². The van der Waals surface area contributed by atoms with Crippen molar-refractivity contribution in [1.82, 2.24) is 0 Å². The van der Waals surface area contributed by atoms with Crippen molar-refractivity contribution >= 4 is 23.3 Å². The van der Waals surface area contributed by atoms with Crippen molar-refractivity contribution in [2.75, 3.05) is 0 Å². The van der Waals surface area contributed by atoms with Crippen LogP contribution >= 0.6 is 0 Å². The molecule has 0 spiro atoms. The van der Waals surface area contributed by atoms with Crippen LogP contribution in [0.15, 0.2) is 170 Å². The molecule has 4 aromatic rings. The quantitative estimate of drug-likeness (QED) is 0.158. The second-order valence-electron chi connectivity index (χ2n) is 12.9. The minimum atomic E-state index is 0. The van der Waals surface area contributed by atoms with Crippen molar-refractivity contribution < 1.29 is 26.2 Å². The molecule has 0 aliphatic heterocycles. The summed E-state index contributed by atoms with van der Waals surface area (Å²) in [5.41, 5.74) is 7.68. The van der Waals surface area contributed by atoms with Crippen molar-refractivity contribution in [2.45, 2.75) is 26.7 Å². The van der Waals surface area contributed by atoms with E-state index in [-0.39, 0.29) is 26.2 Å². The van der Waals surface area contributed by atoms with Gasteiger partial charge in [-0.3, -0.25) is 0 Å². The SMILES string of the molecule is C(/C=C/c1ccccc1)=C\c1ccccc1.C[C]1[CH][C]2[C](C=CC=C2c2ccccc2)[C]1CC[C]1[C](C)[CH][C]2[C]1C=CC=C2c1ccccc1.[Zr+2]. The van der Waals surface area contributed by atoms with Gasteiger partial charge in [0.1, 0.15) is 0 Å². The molecule has 0 bridgehead atoms. The van der Waals surface area contributed by atoms with Crippen LogP contribution in [0.5, 0.6) is 0 Å². The van der Waals surface area contributed by atoms with Gasteiger partial charge in [-0.2, -0.15) is 0 Å². The minimum absolute atomic E-state index is 0. The van der Waals surface area contributed by atoms with E-state index in [1.165, 1.54) is 80.7 Å². The van der Waals surface area contributed by atoms with Gasteiger partial charge in [-0.1, -0.05) is 196 Å². The van der Waals surface area contributed by atoms with Crippen LogP contribution in [0.2, 0.25) is 0 Å². The Morgan fingerprint density at radius 3 is 1.16 bits per heavy atom. The average Bonchev–Trinajstić information content (AvgIpc) is 3.68. The molecule has 2 saturated carbocycles. The van der Waals surface area contributed by atoms with Gasteiger partial charge in [-0.05, 0) is 82.8 Å². The van der Waals surface area contributed by atoms with Crippen LogP contribution < -0.4 is 0 Å².